The van der Waals surface area contributed by atoms with Gasteiger partial charge in [0.2, 0.25) is 0 Å². The summed E-state index contributed by atoms with van der Waals surface area (Å²) < 4.78 is 5.51. The Bertz CT molecular complexity index is 344. The van der Waals surface area contributed by atoms with Gasteiger partial charge in [0.25, 0.3) is 0 Å². The van der Waals surface area contributed by atoms with Crippen molar-refractivity contribution < 1.29 is 4.74 Å². The number of nitrogens with two attached hydrogens (primary N) is 1. The van der Waals surface area contributed by atoms with Crippen LogP contribution in [0.2, 0.25) is 0 Å². The molecule has 1 aliphatic heterocycles. The molecular formula is C12H17NO. The molecule has 0 fully saturated rings. The van der Waals surface area contributed by atoms with Crippen molar-refractivity contribution in [3.8, 4) is 5.75 Å². The van der Waals surface area contributed by atoms with Gasteiger partial charge in [0.15, 0.2) is 0 Å². The first-order valence-corrected chi connectivity index (χ1v) is 5.18. The van der Waals surface area contributed by atoms with E-state index in [9.17, 15) is 0 Å². The Labute approximate surface area is 85.1 Å². The van der Waals surface area contributed by atoms with Crippen molar-refractivity contribution in [1.29, 1.82) is 0 Å². The molecule has 76 valence electrons. The lowest BCUT2D eigenvalue weighted by Crippen LogP contribution is -2.18. The molecule has 2 N–H and O–H groups in total. The molecule has 2 nitrogen and oxygen atoms in total. The molecule has 14 heavy (non-hydrogen) atoms. The molecule has 0 spiro atoms. The van der Waals surface area contributed by atoms with Gasteiger partial charge in [-0.1, -0.05) is 6.07 Å². The van der Waals surface area contributed by atoms with Crippen LogP contribution in [0.15, 0.2) is 12.1 Å². The van der Waals surface area contributed by atoms with E-state index < -0.39 is 0 Å². The molecule has 2 rings (SSSR count). The normalized spacial score (nSPS) is 16.2. The zero-order valence-corrected chi connectivity index (χ0v) is 8.84. The van der Waals surface area contributed by atoms with E-state index in [0.717, 1.165) is 25.2 Å². The Balaban J connectivity index is 2.35. The lowest BCUT2D eigenvalue weighted by Gasteiger charge is -2.11. The van der Waals surface area contributed by atoms with Gasteiger partial charge in [0.05, 0.1) is 6.61 Å². The minimum atomic E-state index is 0.231. The minimum Gasteiger partial charge on any atom is -0.493 e. The summed E-state index contributed by atoms with van der Waals surface area (Å²) in [5.41, 5.74) is 9.92. The second kappa shape index (κ2) is 3.62. The molecule has 1 heterocycles. The largest absolute Gasteiger partial charge is 0.493 e. The molecule has 1 aromatic carbocycles. The number of rotatable bonds is 2. The highest BCUT2D eigenvalue weighted by atomic mass is 16.5. The van der Waals surface area contributed by atoms with E-state index >= 15 is 0 Å². The van der Waals surface area contributed by atoms with Crippen LogP contribution in [-0.2, 0) is 12.8 Å². The first-order chi connectivity index (χ1) is 6.68. The zero-order chi connectivity index (χ0) is 10.1. The maximum Gasteiger partial charge on any atom is 0.122 e. The summed E-state index contributed by atoms with van der Waals surface area (Å²) in [6.07, 6.45) is 2.01. The average molecular weight is 191 g/mol. The molecule has 0 aliphatic carbocycles. The Morgan fingerprint density at radius 1 is 1.50 bits per heavy atom. The highest BCUT2D eigenvalue weighted by Gasteiger charge is 2.16. The van der Waals surface area contributed by atoms with Crippen LogP contribution in [0.4, 0.5) is 0 Å². The number of fused-ring (bicyclic) bond motifs is 1. The lowest BCUT2D eigenvalue weighted by molar-refractivity contribution is 0.357. The molecule has 0 radical (unpaired) electrons. The first kappa shape index (κ1) is 9.53. The van der Waals surface area contributed by atoms with Crippen molar-refractivity contribution in [2.45, 2.75) is 32.7 Å². The standard InChI is InChI=1S/C12H17NO/c1-8(13)7-10-3-4-12-11(9(10)2)5-6-14-12/h3-4,8H,5-7,13H2,1-2H3. The fourth-order valence-corrected chi connectivity index (χ4v) is 2.06. The summed E-state index contributed by atoms with van der Waals surface area (Å²) in [5, 5.41) is 0. The van der Waals surface area contributed by atoms with Gasteiger partial charge in [0.1, 0.15) is 5.75 Å². The molecule has 0 amide bonds. The SMILES string of the molecule is Cc1c(CC(C)N)ccc2c1CCO2. The highest BCUT2D eigenvalue weighted by Crippen LogP contribution is 2.30. The van der Waals surface area contributed by atoms with E-state index in [2.05, 4.69) is 19.1 Å². The fraction of sp³-hybridized carbons (Fsp3) is 0.500. The Hall–Kier alpha value is -1.02. The van der Waals surface area contributed by atoms with Crippen molar-refractivity contribution in [2.75, 3.05) is 6.61 Å². The van der Waals surface area contributed by atoms with E-state index in [-0.39, 0.29) is 6.04 Å². The van der Waals surface area contributed by atoms with Crippen LogP contribution in [0, 0.1) is 6.92 Å². The Kier molecular flexibility index (Phi) is 2.46. The van der Waals surface area contributed by atoms with Gasteiger partial charge in [-0.15, -0.1) is 0 Å². The molecule has 0 saturated carbocycles. The summed E-state index contributed by atoms with van der Waals surface area (Å²) in [7, 11) is 0. The molecule has 1 aromatic rings. The van der Waals surface area contributed by atoms with E-state index in [4.69, 9.17) is 10.5 Å². The predicted molar refractivity (Wildman–Crippen MR) is 57.7 cm³/mol. The van der Waals surface area contributed by atoms with Crippen molar-refractivity contribution in [2.24, 2.45) is 5.73 Å². The van der Waals surface area contributed by atoms with Gasteiger partial charge in [-0.25, -0.2) is 0 Å². The molecule has 2 heteroatoms. The Morgan fingerprint density at radius 3 is 3.00 bits per heavy atom. The lowest BCUT2D eigenvalue weighted by atomic mass is 9.96. The quantitative estimate of drug-likeness (QED) is 0.774. The smallest absolute Gasteiger partial charge is 0.122 e. The van der Waals surface area contributed by atoms with Crippen molar-refractivity contribution >= 4 is 0 Å². The average Bonchev–Trinajstić information content (AvgIpc) is 2.57. The zero-order valence-electron chi connectivity index (χ0n) is 8.84. The number of ether oxygens (including phenoxy) is 1. The number of benzene rings is 1. The van der Waals surface area contributed by atoms with Gasteiger partial charge in [-0.05, 0) is 37.5 Å². The third kappa shape index (κ3) is 1.62. The van der Waals surface area contributed by atoms with Crippen molar-refractivity contribution in [3.63, 3.8) is 0 Å². The summed E-state index contributed by atoms with van der Waals surface area (Å²) in [6.45, 7) is 5.05. The fourth-order valence-electron chi connectivity index (χ4n) is 2.06. The third-order valence-electron chi connectivity index (χ3n) is 2.82. The van der Waals surface area contributed by atoms with Crippen molar-refractivity contribution in [3.05, 3.63) is 28.8 Å². The van der Waals surface area contributed by atoms with Crippen LogP contribution in [0.1, 0.15) is 23.6 Å². The molecule has 0 aromatic heterocycles. The molecule has 0 bridgehead atoms. The summed E-state index contributed by atoms with van der Waals surface area (Å²) in [5.74, 6) is 1.07. The van der Waals surface area contributed by atoms with Crippen LogP contribution in [0.5, 0.6) is 5.75 Å². The second-order valence-corrected chi connectivity index (χ2v) is 4.11. The van der Waals surface area contributed by atoms with Gasteiger partial charge >= 0.3 is 0 Å². The van der Waals surface area contributed by atoms with Gasteiger partial charge in [0, 0.05) is 18.0 Å². The maximum absolute atomic E-state index is 5.81. The maximum atomic E-state index is 5.81. The van der Waals surface area contributed by atoms with Crippen LogP contribution < -0.4 is 10.5 Å². The number of hydrogen-bond acceptors (Lipinski definition) is 2. The highest BCUT2D eigenvalue weighted by molar-refractivity contribution is 5.46. The molecule has 1 atom stereocenters. The van der Waals surface area contributed by atoms with Crippen LogP contribution in [0.25, 0.3) is 0 Å². The third-order valence-corrected chi connectivity index (χ3v) is 2.82. The summed E-state index contributed by atoms with van der Waals surface area (Å²) >= 11 is 0. The van der Waals surface area contributed by atoms with Crippen LogP contribution >= 0.6 is 0 Å². The Morgan fingerprint density at radius 2 is 2.29 bits per heavy atom. The van der Waals surface area contributed by atoms with Crippen LogP contribution in [-0.4, -0.2) is 12.6 Å². The van der Waals surface area contributed by atoms with Crippen LogP contribution in [0.3, 0.4) is 0 Å². The molecular weight excluding hydrogens is 174 g/mol. The molecule has 1 unspecified atom stereocenters. The van der Waals surface area contributed by atoms with Gasteiger partial charge in [-0.2, -0.15) is 0 Å². The van der Waals surface area contributed by atoms with E-state index in [1.807, 2.05) is 6.92 Å². The summed E-state index contributed by atoms with van der Waals surface area (Å²) in [6, 6.07) is 4.45. The molecule has 1 aliphatic rings. The van der Waals surface area contributed by atoms with E-state index in [1.54, 1.807) is 0 Å². The minimum absolute atomic E-state index is 0.231. The first-order valence-electron chi connectivity index (χ1n) is 5.18. The molecule has 0 saturated heterocycles. The van der Waals surface area contributed by atoms with Gasteiger partial charge < -0.3 is 10.5 Å². The number of hydrogen-bond donors (Lipinski definition) is 1. The predicted octanol–water partition coefficient (Wildman–Crippen LogP) is 1.82. The summed E-state index contributed by atoms with van der Waals surface area (Å²) in [4.78, 5) is 0. The van der Waals surface area contributed by atoms with Gasteiger partial charge in [-0.3, -0.25) is 0 Å². The van der Waals surface area contributed by atoms with E-state index in [0.29, 0.717) is 0 Å². The topological polar surface area (TPSA) is 35.2 Å². The second-order valence-electron chi connectivity index (χ2n) is 4.11. The van der Waals surface area contributed by atoms with E-state index in [1.165, 1.54) is 16.7 Å². The monoisotopic (exact) mass is 191 g/mol. The van der Waals surface area contributed by atoms with Crippen molar-refractivity contribution in [1.82, 2.24) is 0 Å².